The van der Waals surface area contributed by atoms with Gasteiger partial charge >= 0.3 is 0 Å². The summed E-state index contributed by atoms with van der Waals surface area (Å²) in [6.07, 6.45) is 8.62. The number of rotatable bonds is 4. The molecule has 0 spiro atoms. The monoisotopic (exact) mass is 430 g/mol. The quantitative estimate of drug-likeness (QED) is 0.488. The molecular formula is C24H23ClN6. The molecule has 7 heteroatoms. The Hall–Kier alpha value is -3.09. The highest BCUT2D eigenvalue weighted by Gasteiger charge is 2.28. The zero-order valence-electron chi connectivity index (χ0n) is 17.1. The molecule has 1 saturated heterocycles. The number of nitrogen functional groups attached to an aromatic ring is 1. The van der Waals surface area contributed by atoms with Crippen LogP contribution in [0, 0.1) is 0 Å². The van der Waals surface area contributed by atoms with Crippen molar-refractivity contribution in [1.29, 1.82) is 0 Å². The van der Waals surface area contributed by atoms with Gasteiger partial charge < -0.3 is 5.73 Å². The fourth-order valence-corrected chi connectivity index (χ4v) is 4.56. The zero-order valence-corrected chi connectivity index (χ0v) is 17.8. The summed E-state index contributed by atoms with van der Waals surface area (Å²) in [5.41, 5.74) is 12.0. The van der Waals surface area contributed by atoms with Crippen LogP contribution in [-0.4, -0.2) is 31.4 Å². The highest BCUT2D eigenvalue weighted by molar-refractivity contribution is 6.30. The van der Waals surface area contributed by atoms with Gasteiger partial charge in [-0.25, -0.2) is 9.97 Å². The largest absolute Gasteiger partial charge is 0.368 e. The van der Waals surface area contributed by atoms with Crippen molar-refractivity contribution < 1.29 is 0 Å². The van der Waals surface area contributed by atoms with Gasteiger partial charge in [-0.3, -0.25) is 14.9 Å². The summed E-state index contributed by atoms with van der Waals surface area (Å²) in [5, 5.41) is 0.693. The van der Waals surface area contributed by atoms with Crippen LogP contribution in [0.4, 0.5) is 5.95 Å². The molecule has 1 aliphatic heterocycles. The zero-order chi connectivity index (χ0) is 21.2. The smallest absolute Gasteiger partial charge is 0.220 e. The summed E-state index contributed by atoms with van der Waals surface area (Å²) in [6, 6.07) is 14.3. The highest BCUT2D eigenvalue weighted by atomic mass is 35.5. The second kappa shape index (κ2) is 8.57. The number of likely N-dealkylation sites (tertiary alicyclic amines) is 1. The maximum absolute atomic E-state index is 6.26. The van der Waals surface area contributed by atoms with E-state index >= 15 is 0 Å². The Balaban J connectivity index is 1.51. The molecule has 5 rings (SSSR count). The first-order valence-corrected chi connectivity index (χ1v) is 10.9. The molecule has 2 aromatic heterocycles. The second-order valence-electron chi connectivity index (χ2n) is 7.90. The molecule has 1 aliphatic rings. The van der Waals surface area contributed by atoms with E-state index in [1.165, 1.54) is 5.56 Å². The average molecular weight is 431 g/mol. The van der Waals surface area contributed by atoms with E-state index in [0.29, 0.717) is 11.0 Å². The summed E-state index contributed by atoms with van der Waals surface area (Å²) in [5.74, 6) is 0.298. The predicted molar refractivity (Wildman–Crippen MR) is 123 cm³/mol. The maximum atomic E-state index is 6.26. The number of hydrogen-bond acceptors (Lipinski definition) is 6. The molecule has 3 heterocycles. The predicted octanol–water partition coefficient (Wildman–Crippen LogP) is 5.05. The van der Waals surface area contributed by atoms with E-state index in [4.69, 9.17) is 22.3 Å². The number of fused-ring (bicyclic) bond motifs is 1. The Morgan fingerprint density at radius 2 is 1.87 bits per heavy atom. The molecule has 31 heavy (non-hydrogen) atoms. The molecule has 0 saturated carbocycles. The summed E-state index contributed by atoms with van der Waals surface area (Å²) in [7, 11) is 0. The topological polar surface area (TPSA) is 80.8 Å². The summed E-state index contributed by atoms with van der Waals surface area (Å²) in [6.45, 7) is 1.82. The van der Waals surface area contributed by atoms with E-state index in [-0.39, 0.29) is 6.04 Å². The van der Waals surface area contributed by atoms with Crippen molar-refractivity contribution in [3.63, 3.8) is 0 Å². The van der Waals surface area contributed by atoms with Crippen LogP contribution in [0.5, 0.6) is 0 Å². The van der Waals surface area contributed by atoms with Crippen LogP contribution >= 0.6 is 11.6 Å². The van der Waals surface area contributed by atoms with E-state index in [2.05, 4.69) is 32.0 Å². The van der Waals surface area contributed by atoms with Gasteiger partial charge in [0.1, 0.15) is 0 Å². The van der Waals surface area contributed by atoms with Crippen molar-refractivity contribution in [1.82, 2.24) is 24.8 Å². The third kappa shape index (κ3) is 4.22. The highest BCUT2D eigenvalue weighted by Crippen LogP contribution is 2.37. The number of anilines is 1. The first-order valence-electron chi connectivity index (χ1n) is 10.5. The maximum Gasteiger partial charge on any atom is 0.220 e. The Kier molecular flexibility index (Phi) is 5.49. The number of piperidine rings is 1. The Morgan fingerprint density at radius 1 is 1.00 bits per heavy atom. The van der Waals surface area contributed by atoms with Crippen LogP contribution in [0.2, 0.25) is 5.02 Å². The van der Waals surface area contributed by atoms with Gasteiger partial charge in [0.2, 0.25) is 5.95 Å². The van der Waals surface area contributed by atoms with Crippen molar-refractivity contribution >= 4 is 28.6 Å². The van der Waals surface area contributed by atoms with Gasteiger partial charge in [-0.2, -0.15) is 0 Å². The molecule has 1 unspecified atom stereocenters. The Morgan fingerprint density at radius 3 is 2.74 bits per heavy atom. The minimum atomic E-state index is 0.158. The third-order valence-corrected chi connectivity index (χ3v) is 6.06. The van der Waals surface area contributed by atoms with Gasteiger partial charge in [0, 0.05) is 35.7 Å². The lowest BCUT2D eigenvalue weighted by atomic mass is 9.93. The third-order valence-electron chi connectivity index (χ3n) is 5.82. The molecule has 156 valence electrons. The molecule has 2 aromatic carbocycles. The summed E-state index contributed by atoms with van der Waals surface area (Å²) < 4.78 is 0. The van der Waals surface area contributed by atoms with Crippen LogP contribution < -0.4 is 5.73 Å². The lowest BCUT2D eigenvalue weighted by molar-refractivity contribution is 0.138. The number of halogens is 1. The molecule has 1 atom stereocenters. The number of nitrogens with zero attached hydrogens (tertiary/aromatic N) is 5. The van der Waals surface area contributed by atoms with Crippen molar-refractivity contribution in [2.75, 3.05) is 12.3 Å². The van der Waals surface area contributed by atoms with E-state index < -0.39 is 0 Å². The molecule has 4 aromatic rings. The fraction of sp³-hybridized carbons (Fsp3) is 0.250. The van der Waals surface area contributed by atoms with E-state index in [1.807, 2.05) is 36.5 Å². The molecule has 0 bridgehead atoms. The normalized spacial score (nSPS) is 17.1. The summed E-state index contributed by atoms with van der Waals surface area (Å²) in [4.78, 5) is 20.3. The number of aromatic nitrogens is 4. The van der Waals surface area contributed by atoms with Crippen LogP contribution in [0.15, 0.2) is 61.1 Å². The number of benzene rings is 2. The molecule has 0 aliphatic carbocycles. The van der Waals surface area contributed by atoms with E-state index in [9.17, 15) is 0 Å². The van der Waals surface area contributed by atoms with E-state index in [1.54, 1.807) is 12.4 Å². The van der Waals surface area contributed by atoms with Crippen molar-refractivity contribution in [2.24, 2.45) is 0 Å². The van der Waals surface area contributed by atoms with Crippen LogP contribution in [0.1, 0.15) is 36.6 Å². The van der Waals surface area contributed by atoms with Crippen LogP contribution in [-0.2, 0) is 6.54 Å². The molecule has 0 radical (unpaired) electrons. The van der Waals surface area contributed by atoms with Crippen LogP contribution in [0.25, 0.3) is 22.2 Å². The van der Waals surface area contributed by atoms with Crippen LogP contribution in [0.3, 0.4) is 0 Å². The number of hydrogen-bond donors (Lipinski definition) is 1. The molecule has 1 fully saturated rings. The van der Waals surface area contributed by atoms with Crippen molar-refractivity contribution in [2.45, 2.75) is 31.8 Å². The Bertz CT molecular complexity index is 1230. The van der Waals surface area contributed by atoms with Gasteiger partial charge in [0.15, 0.2) is 0 Å². The SMILES string of the molecule is Nc1ncc(-c2cccc(Cl)c2)c(C2CCCCN2Cc2ccc3nccnc3c2)n1. The van der Waals surface area contributed by atoms with Crippen molar-refractivity contribution in [3.8, 4) is 11.1 Å². The van der Waals surface area contributed by atoms with Gasteiger partial charge in [-0.05, 0) is 54.8 Å². The van der Waals surface area contributed by atoms with E-state index in [0.717, 1.165) is 60.2 Å². The summed E-state index contributed by atoms with van der Waals surface area (Å²) >= 11 is 6.26. The first kappa shape index (κ1) is 19.8. The molecular weight excluding hydrogens is 408 g/mol. The minimum absolute atomic E-state index is 0.158. The lowest BCUT2D eigenvalue weighted by Gasteiger charge is -2.36. The van der Waals surface area contributed by atoms with Gasteiger partial charge in [-0.1, -0.05) is 36.2 Å². The first-order chi connectivity index (χ1) is 15.2. The Labute approximate surface area is 186 Å². The molecule has 2 N–H and O–H groups in total. The average Bonchev–Trinajstić information content (AvgIpc) is 2.79. The number of nitrogens with two attached hydrogens (primary N) is 1. The standard InChI is InChI=1S/C24H23ClN6/c25-18-5-3-4-17(13-18)19-14-29-24(26)30-23(19)22-6-1-2-11-31(22)15-16-7-8-20-21(12-16)28-10-9-27-20/h3-5,7-10,12-14,22H,1-2,6,11,15H2,(H2,26,29,30). The minimum Gasteiger partial charge on any atom is -0.368 e. The van der Waals surface area contributed by atoms with Crippen molar-refractivity contribution in [3.05, 3.63) is 77.3 Å². The molecule has 6 nitrogen and oxygen atoms in total. The van der Waals surface area contributed by atoms with Gasteiger partial charge in [0.05, 0.1) is 22.8 Å². The lowest BCUT2D eigenvalue weighted by Crippen LogP contribution is -2.34. The fourth-order valence-electron chi connectivity index (χ4n) is 4.37. The van der Waals surface area contributed by atoms with Gasteiger partial charge in [0.25, 0.3) is 0 Å². The van der Waals surface area contributed by atoms with Gasteiger partial charge in [-0.15, -0.1) is 0 Å². The molecule has 0 amide bonds. The second-order valence-corrected chi connectivity index (χ2v) is 8.34.